The Balaban J connectivity index is 2.07. The first-order valence-corrected chi connectivity index (χ1v) is 5.59. The van der Waals surface area contributed by atoms with E-state index in [2.05, 4.69) is 20.3 Å². The van der Waals surface area contributed by atoms with Gasteiger partial charge in [0.15, 0.2) is 5.82 Å². The molecule has 0 aromatic carbocycles. The summed E-state index contributed by atoms with van der Waals surface area (Å²) in [6.45, 7) is 4.46. The van der Waals surface area contributed by atoms with Gasteiger partial charge in [-0.2, -0.15) is 5.10 Å². The lowest BCUT2D eigenvalue weighted by Crippen LogP contribution is -2.07. The lowest BCUT2D eigenvalue weighted by Gasteiger charge is -2.04. The Morgan fingerprint density at radius 2 is 2.11 bits per heavy atom. The average molecular weight is 243 g/mol. The predicted octanol–water partition coefficient (Wildman–Crippen LogP) is 0.568. The summed E-state index contributed by atoms with van der Waals surface area (Å²) in [5, 5.41) is 12.4. The summed E-state index contributed by atoms with van der Waals surface area (Å²) in [6.07, 6.45) is 3.37. The van der Waals surface area contributed by atoms with Crippen molar-refractivity contribution in [3.05, 3.63) is 35.7 Å². The molecule has 18 heavy (non-hydrogen) atoms. The van der Waals surface area contributed by atoms with E-state index in [-0.39, 0.29) is 0 Å². The molecule has 0 saturated heterocycles. The molecule has 3 aromatic rings. The standard InChI is InChI=1S/C11H13N7/c1-7-3-8(2)18-10(15-16-11(18)14-7)6-17-5-9(12)4-13-17/h3-5H,6,12H2,1-2H3. The predicted molar refractivity (Wildman–Crippen MR) is 66.0 cm³/mol. The second kappa shape index (κ2) is 3.80. The number of nitrogens with zero attached hydrogens (tertiary/aromatic N) is 6. The van der Waals surface area contributed by atoms with Crippen molar-refractivity contribution >= 4 is 11.5 Å². The number of nitrogens with two attached hydrogens (primary N) is 1. The highest BCUT2D eigenvalue weighted by molar-refractivity contribution is 5.33. The maximum atomic E-state index is 5.63. The van der Waals surface area contributed by atoms with Crippen LogP contribution in [0, 0.1) is 13.8 Å². The van der Waals surface area contributed by atoms with Gasteiger partial charge >= 0.3 is 0 Å². The molecule has 92 valence electrons. The molecule has 0 amide bonds. The van der Waals surface area contributed by atoms with Crippen molar-refractivity contribution in [1.82, 2.24) is 29.4 Å². The highest BCUT2D eigenvalue weighted by atomic mass is 15.3. The van der Waals surface area contributed by atoms with E-state index in [1.165, 1.54) is 0 Å². The van der Waals surface area contributed by atoms with Crippen LogP contribution in [0.1, 0.15) is 17.2 Å². The smallest absolute Gasteiger partial charge is 0.255 e. The monoisotopic (exact) mass is 243 g/mol. The van der Waals surface area contributed by atoms with Crippen molar-refractivity contribution in [2.75, 3.05) is 5.73 Å². The Hall–Kier alpha value is -2.44. The molecular weight excluding hydrogens is 230 g/mol. The molecule has 3 rings (SSSR count). The van der Waals surface area contributed by atoms with E-state index in [1.54, 1.807) is 17.1 Å². The number of fused-ring (bicyclic) bond motifs is 1. The molecule has 0 radical (unpaired) electrons. The van der Waals surface area contributed by atoms with Crippen LogP contribution in [0.15, 0.2) is 18.5 Å². The summed E-state index contributed by atoms with van der Waals surface area (Å²) in [7, 11) is 0. The summed E-state index contributed by atoms with van der Waals surface area (Å²) in [6, 6.07) is 2.00. The maximum absolute atomic E-state index is 5.63. The zero-order valence-electron chi connectivity index (χ0n) is 10.2. The number of anilines is 1. The number of aromatic nitrogens is 6. The van der Waals surface area contributed by atoms with E-state index in [0.717, 1.165) is 17.2 Å². The molecule has 2 N–H and O–H groups in total. The lowest BCUT2D eigenvalue weighted by atomic mass is 10.3. The number of hydrogen-bond donors (Lipinski definition) is 1. The fraction of sp³-hybridized carbons (Fsp3) is 0.273. The molecule has 0 aliphatic heterocycles. The third-order valence-corrected chi connectivity index (χ3v) is 2.72. The van der Waals surface area contributed by atoms with Crippen molar-refractivity contribution in [2.45, 2.75) is 20.4 Å². The lowest BCUT2D eigenvalue weighted by molar-refractivity contribution is 0.647. The van der Waals surface area contributed by atoms with Crippen LogP contribution >= 0.6 is 0 Å². The van der Waals surface area contributed by atoms with Crippen LogP contribution in [0.2, 0.25) is 0 Å². The van der Waals surface area contributed by atoms with Crippen LogP contribution in [-0.4, -0.2) is 29.4 Å². The molecule has 0 atom stereocenters. The number of nitrogen functional groups attached to an aromatic ring is 1. The molecule has 3 aromatic heterocycles. The van der Waals surface area contributed by atoms with Crippen LogP contribution in [0.5, 0.6) is 0 Å². The fourth-order valence-electron chi connectivity index (χ4n) is 2.01. The van der Waals surface area contributed by atoms with Crippen molar-refractivity contribution in [3.63, 3.8) is 0 Å². The second-order valence-electron chi connectivity index (χ2n) is 4.26. The van der Waals surface area contributed by atoms with Gasteiger partial charge in [-0.15, -0.1) is 10.2 Å². The molecule has 7 nitrogen and oxygen atoms in total. The van der Waals surface area contributed by atoms with E-state index in [0.29, 0.717) is 18.0 Å². The minimum absolute atomic E-state index is 0.518. The van der Waals surface area contributed by atoms with Gasteiger partial charge in [0.05, 0.1) is 11.9 Å². The largest absolute Gasteiger partial charge is 0.396 e. The summed E-state index contributed by atoms with van der Waals surface area (Å²) in [5.74, 6) is 1.40. The van der Waals surface area contributed by atoms with Crippen molar-refractivity contribution < 1.29 is 0 Å². The minimum atomic E-state index is 0.518. The molecule has 3 heterocycles. The van der Waals surface area contributed by atoms with Gasteiger partial charge in [0.1, 0.15) is 6.54 Å². The first-order valence-electron chi connectivity index (χ1n) is 5.59. The van der Waals surface area contributed by atoms with Crippen LogP contribution < -0.4 is 5.73 Å². The zero-order valence-corrected chi connectivity index (χ0v) is 10.2. The molecule has 0 aliphatic carbocycles. The molecule has 0 aliphatic rings. The van der Waals surface area contributed by atoms with Gasteiger partial charge in [-0.3, -0.25) is 9.08 Å². The van der Waals surface area contributed by atoms with E-state index in [1.807, 2.05) is 24.3 Å². The Kier molecular flexibility index (Phi) is 2.26. The van der Waals surface area contributed by atoms with Crippen LogP contribution in [0.3, 0.4) is 0 Å². The van der Waals surface area contributed by atoms with E-state index in [4.69, 9.17) is 5.73 Å². The first-order chi connectivity index (χ1) is 8.63. The van der Waals surface area contributed by atoms with Gasteiger partial charge in [-0.25, -0.2) is 4.98 Å². The molecule has 0 saturated carbocycles. The van der Waals surface area contributed by atoms with Gasteiger partial charge < -0.3 is 5.73 Å². The van der Waals surface area contributed by atoms with Crippen LogP contribution in [0.25, 0.3) is 5.78 Å². The highest BCUT2D eigenvalue weighted by Crippen LogP contribution is 2.09. The van der Waals surface area contributed by atoms with E-state index in [9.17, 15) is 0 Å². The van der Waals surface area contributed by atoms with Gasteiger partial charge in [0.25, 0.3) is 5.78 Å². The Bertz CT molecular complexity index is 709. The molecule has 0 unspecified atom stereocenters. The Morgan fingerprint density at radius 1 is 1.28 bits per heavy atom. The minimum Gasteiger partial charge on any atom is -0.396 e. The second-order valence-corrected chi connectivity index (χ2v) is 4.26. The zero-order chi connectivity index (χ0) is 12.7. The molecule has 7 heteroatoms. The van der Waals surface area contributed by atoms with Crippen molar-refractivity contribution in [2.24, 2.45) is 0 Å². The summed E-state index contributed by atoms with van der Waals surface area (Å²) < 4.78 is 3.65. The van der Waals surface area contributed by atoms with E-state index >= 15 is 0 Å². The summed E-state index contributed by atoms with van der Waals surface area (Å²) >= 11 is 0. The quantitative estimate of drug-likeness (QED) is 0.711. The first kappa shape index (κ1) is 10.7. The SMILES string of the molecule is Cc1cc(C)n2c(Cn3cc(N)cn3)nnc2n1. The van der Waals surface area contributed by atoms with Gasteiger partial charge in [-0.1, -0.05) is 0 Å². The summed E-state index contributed by atoms with van der Waals surface area (Å²) in [5.41, 5.74) is 8.25. The van der Waals surface area contributed by atoms with E-state index < -0.39 is 0 Å². The number of rotatable bonds is 2. The third-order valence-electron chi connectivity index (χ3n) is 2.72. The molecule has 0 spiro atoms. The average Bonchev–Trinajstić information content (AvgIpc) is 2.86. The van der Waals surface area contributed by atoms with Crippen LogP contribution in [-0.2, 0) is 6.54 Å². The number of hydrogen-bond acceptors (Lipinski definition) is 5. The van der Waals surface area contributed by atoms with Gasteiger partial charge in [0.2, 0.25) is 0 Å². The molecular formula is C11H13N7. The van der Waals surface area contributed by atoms with Gasteiger partial charge in [-0.05, 0) is 19.9 Å². The van der Waals surface area contributed by atoms with Crippen LogP contribution in [0.4, 0.5) is 5.69 Å². The maximum Gasteiger partial charge on any atom is 0.255 e. The Morgan fingerprint density at radius 3 is 2.83 bits per heavy atom. The van der Waals surface area contributed by atoms with Crippen molar-refractivity contribution in [1.29, 1.82) is 0 Å². The molecule has 0 bridgehead atoms. The number of aryl methyl sites for hydroxylation is 2. The molecule has 0 fully saturated rings. The topological polar surface area (TPSA) is 86.9 Å². The van der Waals surface area contributed by atoms with Gasteiger partial charge in [0, 0.05) is 17.6 Å². The highest BCUT2D eigenvalue weighted by Gasteiger charge is 2.10. The van der Waals surface area contributed by atoms with Crippen molar-refractivity contribution in [3.8, 4) is 0 Å². The Labute approximate surface area is 103 Å². The fourth-order valence-corrected chi connectivity index (χ4v) is 2.01. The third kappa shape index (κ3) is 1.69. The normalized spacial score (nSPS) is 11.2. The summed E-state index contributed by atoms with van der Waals surface area (Å²) in [4.78, 5) is 4.34.